The van der Waals surface area contributed by atoms with Gasteiger partial charge in [-0.15, -0.1) is 0 Å². The van der Waals surface area contributed by atoms with Gasteiger partial charge in [0.2, 0.25) is 5.91 Å². The molecule has 0 aromatic carbocycles. The fourth-order valence-electron chi connectivity index (χ4n) is 4.12. The molecule has 1 saturated heterocycles. The van der Waals surface area contributed by atoms with Crippen LogP contribution < -0.4 is 5.73 Å². The number of nitrogens with zero attached hydrogens (tertiary/aromatic N) is 1. The third-order valence-electron chi connectivity index (χ3n) is 4.95. The molecule has 2 aliphatic rings. The van der Waals surface area contributed by atoms with Gasteiger partial charge in [0.05, 0.1) is 0 Å². The topological polar surface area (TPSA) is 46.3 Å². The van der Waals surface area contributed by atoms with Crippen molar-refractivity contribution in [2.45, 2.75) is 58.8 Å². The van der Waals surface area contributed by atoms with Crippen LogP contribution in [0.4, 0.5) is 0 Å². The summed E-state index contributed by atoms with van der Waals surface area (Å²) in [7, 11) is 0. The Labute approximate surface area is 117 Å². The first-order valence-electron chi connectivity index (χ1n) is 8.07. The first-order chi connectivity index (χ1) is 9.07. The predicted molar refractivity (Wildman–Crippen MR) is 78.7 cm³/mol. The largest absolute Gasteiger partial charge is 0.342 e. The Morgan fingerprint density at radius 2 is 2.00 bits per heavy atom. The number of carbonyl (C=O) groups excluding carboxylic acids is 1. The van der Waals surface area contributed by atoms with Crippen molar-refractivity contribution in [3.8, 4) is 0 Å². The van der Waals surface area contributed by atoms with E-state index in [1.54, 1.807) is 0 Å². The molecule has 1 unspecified atom stereocenters. The smallest absolute Gasteiger partial charge is 0.228 e. The number of amides is 1. The van der Waals surface area contributed by atoms with Crippen LogP contribution in [0.3, 0.4) is 0 Å². The molecule has 19 heavy (non-hydrogen) atoms. The molecule has 0 spiro atoms. The minimum Gasteiger partial charge on any atom is -0.342 e. The van der Waals surface area contributed by atoms with Gasteiger partial charge in [0.1, 0.15) is 0 Å². The summed E-state index contributed by atoms with van der Waals surface area (Å²) in [5.41, 5.74) is 5.76. The van der Waals surface area contributed by atoms with Crippen LogP contribution in [-0.2, 0) is 4.79 Å². The predicted octanol–water partition coefficient (Wildman–Crippen LogP) is 2.79. The van der Waals surface area contributed by atoms with Crippen molar-refractivity contribution in [1.82, 2.24) is 4.90 Å². The lowest BCUT2D eigenvalue weighted by atomic mass is 9.76. The highest BCUT2D eigenvalue weighted by Gasteiger charge is 2.44. The SMILES string of the molecule is CC(C)CC1(C(=O)N2CCCC(CN)C2)CCCC1. The Hall–Kier alpha value is -0.570. The summed E-state index contributed by atoms with van der Waals surface area (Å²) in [6.45, 7) is 7.06. The Kier molecular flexibility index (Phi) is 4.88. The summed E-state index contributed by atoms with van der Waals surface area (Å²) in [5.74, 6) is 1.57. The van der Waals surface area contributed by atoms with Gasteiger partial charge in [-0.25, -0.2) is 0 Å². The molecule has 1 aliphatic heterocycles. The number of piperidine rings is 1. The second kappa shape index (κ2) is 6.25. The molecule has 1 atom stereocenters. The first-order valence-corrected chi connectivity index (χ1v) is 8.07. The van der Waals surface area contributed by atoms with Gasteiger partial charge in [-0.2, -0.15) is 0 Å². The molecular weight excluding hydrogens is 236 g/mol. The maximum Gasteiger partial charge on any atom is 0.228 e. The summed E-state index contributed by atoms with van der Waals surface area (Å²) >= 11 is 0. The Bertz CT molecular complexity index is 308. The summed E-state index contributed by atoms with van der Waals surface area (Å²) in [6.07, 6.45) is 8.05. The Balaban J connectivity index is 2.06. The third-order valence-corrected chi connectivity index (χ3v) is 4.95. The molecule has 3 heteroatoms. The van der Waals surface area contributed by atoms with E-state index < -0.39 is 0 Å². The third kappa shape index (κ3) is 3.31. The van der Waals surface area contributed by atoms with Crippen molar-refractivity contribution in [2.24, 2.45) is 23.0 Å². The average molecular weight is 266 g/mol. The van der Waals surface area contributed by atoms with Crippen LogP contribution in [0.25, 0.3) is 0 Å². The number of hydrogen-bond donors (Lipinski definition) is 1. The molecule has 2 fully saturated rings. The molecule has 2 rings (SSSR count). The normalized spacial score (nSPS) is 26.9. The van der Waals surface area contributed by atoms with Gasteiger partial charge >= 0.3 is 0 Å². The maximum absolute atomic E-state index is 13.0. The summed E-state index contributed by atoms with van der Waals surface area (Å²) in [4.78, 5) is 15.1. The van der Waals surface area contributed by atoms with Crippen LogP contribution in [0.1, 0.15) is 58.8 Å². The lowest BCUT2D eigenvalue weighted by Gasteiger charge is -2.39. The van der Waals surface area contributed by atoms with Gasteiger partial charge in [-0.1, -0.05) is 26.7 Å². The van der Waals surface area contributed by atoms with Crippen molar-refractivity contribution in [1.29, 1.82) is 0 Å². The molecule has 3 nitrogen and oxygen atoms in total. The molecule has 0 aromatic rings. The summed E-state index contributed by atoms with van der Waals surface area (Å²) in [5, 5.41) is 0. The highest BCUT2D eigenvalue weighted by Crippen LogP contribution is 2.45. The zero-order chi connectivity index (χ0) is 13.9. The fraction of sp³-hybridized carbons (Fsp3) is 0.938. The molecule has 0 bridgehead atoms. The molecule has 2 N–H and O–H groups in total. The standard InChI is InChI=1S/C16H30N2O/c1-13(2)10-16(7-3-4-8-16)15(19)18-9-5-6-14(11-17)12-18/h13-14H,3-12,17H2,1-2H3. The van der Waals surface area contributed by atoms with E-state index in [4.69, 9.17) is 5.73 Å². The van der Waals surface area contributed by atoms with Crippen molar-refractivity contribution >= 4 is 5.91 Å². The molecular formula is C16H30N2O. The van der Waals surface area contributed by atoms with Gasteiger partial charge in [0, 0.05) is 18.5 Å². The number of carbonyl (C=O) groups is 1. The average Bonchev–Trinajstić information content (AvgIpc) is 2.86. The molecule has 1 amide bonds. The van der Waals surface area contributed by atoms with Crippen LogP contribution in [0.15, 0.2) is 0 Å². The fourth-order valence-corrected chi connectivity index (χ4v) is 4.12. The number of nitrogens with two attached hydrogens (primary N) is 1. The van der Waals surface area contributed by atoms with Crippen LogP contribution in [0.2, 0.25) is 0 Å². The van der Waals surface area contributed by atoms with E-state index >= 15 is 0 Å². The van der Waals surface area contributed by atoms with E-state index in [1.807, 2.05) is 0 Å². The van der Waals surface area contributed by atoms with Gasteiger partial charge in [-0.3, -0.25) is 4.79 Å². The zero-order valence-electron chi connectivity index (χ0n) is 12.7. The second-order valence-corrected chi connectivity index (χ2v) is 7.08. The second-order valence-electron chi connectivity index (χ2n) is 7.08. The van der Waals surface area contributed by atoms with Crippen molar-refractivity contribution in [2.75, 3.05) is 19.6 Å². The Morgan fingerprint density at radius 1 is 1.32 bits per heavy atom. The van der Waals surface area contributed by atoms with E-state index in [-0.39, 0.29) is 5.41 Å². The van der Waals surface area contributed by atoms with Gasteiger partial charge in [0.15, 0.2) is 0 Å². The summed E-state index contributed by atoms with van der Waals surface area (Å²) in [6, 6.07) is 0. The van der Waals surface area contributed by atoms with Gasteiger partial charge < -0.3 is 10.6 Å². The molecule has 110 valence electrons. The van der Waals surface area contributed by atoms with E-state index in [0.717, 1.165) is 45.3 Å². The lowest BCUT2D eigenvalue weighted by molar-refractivity contribution is -0.144. The van der Waals surface area contributed by atoms with Crippen molar-refractivity contribution < 1.29 is 4.79 Å². The minimum atomic E-state index is -0.0370. The van der Waals surface area contributed by atoms with Crippen LogP contribution >= 0.6 is 0 Å². The van der Waals surface area contributed by atoms with Crippen LogP contribution in [-0.4, -0.2) is 30.4 Å². The first kappa shape index (κ1) is 14.8. The van der Waals surface area contributed by atoms with Crippen LogP contribution in [0, 0.1) is 17.3 Å². The minimum absolute atomic E-state index is 0.0370. The molecule has 1 aliphatic carbocycles. The number of rotatable bonds is 4. The monoisotopic (exact) mass is 266 g/mol. The van der Waals surface area contributed by atoms with Gasteiger partial charge in [0.25, 0.3) is 0 Å². The van der Waals surface area contributed by atoms with Gasteiger partial charge in [-0.05, 0) is 50.5 Å². The Morgan fingerprint density at radius 3 is 2.58 bits per heavy atom. The molecule has 1 heterocycles. The molecule has 1 saturated carbocycles. The highest BCUT2D eigenvalue weighted by molar-refractivity contribution is 5.83. The highest BCUT2D eigenvalue weighted by atomic mass is 16.2. The van der Waals surface area contributed by atoms with E-state index in [0.29, 0.717) is 17.7 Å². The lowest BCUT2D eigenvalue weighted by Crippen LogP contribution is -2.48. The number of hydrogen-bond acceptors (Lipinski definition) is 2. The van der Waals surface area contributed by atoms with Crippen molar-refractivity contribution in [3.63, 3.8) is 0 Å². The molecule has 0 aromatic heterocycles. The molecule has 0 radical (unpaired) electrons. The zero-order valence-corrected chi connectivity index (χ0v) is 12.7. The van der Waals surface area contributed by atoms with Crippen LogP contribution in [0.5, 0.6) is 0 Å². The summed E-state index contributed by atoms with van der Waals surface area (Å²) < 4.78 is 0. The maximum atomic E-state index is 13.0. The quantitative estimate of drug-likeness (QED) is 0.850. The van der Waals surface area contributed by atoms with E-state index in [9.17, 15) is 4.79 Å². The van der Waals surface area contributed by atoms with Crippen molar-refractivity contribution in [3.05, 3.63) is 0 Å². The van der Waals surface area contributed by atoms with E-state index in [2.05, 4.69) is 18.7 Å². The van der Waals surface area contributed by atoms with E-state index in [1.165, 1.54) is 19.3 Å². The number of likely N-dealkylation sites (tertiary alicyclic amines) is 1.